The molecule has 1 aromatic rings. The molecule has 2 nitrogen and oxygen atoms in total. The maximum Gasteiger partial charge on any atom is 0.159 e. The van der Waals surface area contributed by atoms with Crippen molar-refractivity contribution in [2.75, 3.05) is 18.0 Å². The first-order chi connectivity index (χ1) is 8.39. The molecule has 18 heavy (non-hydrogen) atoms. The third-order valence-electron chi connectivity index (χ3n) is 3.60. The van der Waals surface area contributed by atoms with Gasteiger partial charge in [-0.05, 0) is 43.4 Å². The van der Waals surface area contributed by atoms with Gasteiger partial charge in [0.25, 0.3) is 0 Å². The zero-order valence-electron chi connectivity index (χ0n) is 11.3. The number of nitrogens with zero attached hydrogens (tertiary/aromatic N) is 1. The number of carbonyl (C=O) groups is 1. The van der Waals surface area contributed by atoms with Crippen molar-refractivity contribution < 1.29 is 9.18 Å². The molecule has 3 heteroatoms. The summed E-state index contributed by atoms with van der Waals surface area (Å²) in [6.45, 7) is 7.63. The maximum absolute atomic E-state index is 14.1. The Hall–Kier alpha value is -1.38. The molecule has 0 aliphatic carbocycles. The summed E-state index contributed by atoms with van der Waals surface area (Å²) in [5.74, 6) is -0.389. The van der Waals surface area contributed by atoms with Gasteiger partial charge in [0.05, 0.1) is 5.69 Å². The van der Waals surface area contributed by atoms with Crippen LogP contribution in [0.25, 0.3) is 0 Å². The Kier molecular flexibility index (Phi) is 3.42. The van der Waals surface area contributed by atoms with Crippen LogP contribution in [-0.4, -0.2) is 18.9 Å². The van der Waals surface area contributed by atoms with Gasteiger partial charge in [-0.15, -0.1) is 0 Å². The number of hydrogen-bond donors (Lipinski definition) is 0. The predicted molar refractivity (Wildman–Crippen MR) is 71.6 cm³/mol. The van der Waals surface area contributed by atoms with Gasteiger partial charge in [-0.1, -0.05) is 13.8 Å². The van der Waals surface area contributed by atoms with E-state index in [0.717, 1.165) is 19.5 Å². The monoisotopic (exact) mass is 249 g/mol. The van der Waals surface area contributed by atoms with E-state index < -0.39 is 0 Å². The number of halogens is 1. The molecule has 0 N–H and O–H groups in total. The second-order valence-corrected chi connectivity index (χ2v) is 5.91. The van der Waals surface area contributed by atoms with E-state index in [2.05, 4.69) is 18.7 Å². The summed E-state index contributed by atoms with van der Waals surface area (Å²) in [5.41, 5.74) is 1.28. The van der Waals surface area contributed by atoms with E-state index in [9.17, 15) is 9.18 Å². The number of ketones is 1. The normalized spacial score (nSPS) is 18.8. The van der Waals surface area contributed by atoms with E-state index in [0.29, 0.717) is 11.3 Å². The first-order valence-electron chi connectivity index (χ1n) is 6.44. The zero-order valence-corrected chi connectivity index (χ0v) is 11.3. The quantitative estimate of drug-likeness (QED) is 0.746. The van der Waals surface area contributed by atoms with Gasteiger partial charge in [-0.2, -0.15) is 0 Å². The van der Waals surface area contributed by atoms with Crippen LogP contribution in [0.5, 0.6) is 0 Å². The van der Waals surface area contributed by atoms with E-state index in [1.807, 2.05) is 0 Å². The van der Waals surface area contributed by atoms with Crippen molar-refractivity contribution in [1.82, 2.24) is 0 Å². The van der Waals surface area contributed by atoms with Crippen molar-refractivity contribution >= 4 is 11.5 Å². The molecule has 2 rings (SSSR count). The number of carbonyl (C=O) groups excluding carboxylic acids is 1. The van der Waals surface area contributed by atoms with Crippen molar-refractivity contribution in [1.29, 1.82) is 0 Å². The average Bonchev–Trinajstić information content (AvgIpc) is 2.27. The van der Waals surface area contributed by atoms with Gasteiger partial charge in [0.1, 0.15) is 5.82 Å². The van der Waals surface area contributed by atoms with Gasteiger partial charge in [-0.3, -0.25) is 4.79 Å². The van der Waals surface area contributed by atoms with Crippen LogP contribution >= 0.6 is 0 Å². The molecule has 1 fully saturated rings. The smallest absolute Gasteiger partial charge is 0.159 e. The van der Waals surface area contributed by atoms with Crippen molar-refractivity contribution in [2.24, 2.45) is 5.41 Å². The molecule has 1 saturated heterocycles. The largest absolute Gasteiger partial charge is 0.369 e. The SMILES string of the molecule is CC(=O)c1ccc(N2CCCC(C)(C)C2)c(F)c1. The Morgan fingerprint density at radius 3 is 2.67 bits per heavy atom. The summed E-state index contributed by atoms with van der Waals surface area (Å²) >= 11 is 0. The zero-order chi connectivity index (χ0) is 13.3. The average molecular weight is 249 g/mol. The molecule has 0 saturated carbocycles. The molecule has 0 spiro atoms. The van der Waals surface area contributed by atoms with Gasteiger partial charge >= 0.3 is 0 Å². The van der Waals surface area contributed by atoms with Crippen LogP contribution in [0.1, 0.15) is 44.0 Å². The van der Waals surface area contributed by atoms with Crippen LogP contribution in [0.15, 0.2) is 18.2 Å². The van der Waals surface area contributed by atoms with Crippen LogP contribution in [0, 0.1) is 11.2 Å². The lowest BCUT2D eigenvalue weighted by Gasteiger charge is -2.39. The minimum atomic E-state index is -0.291. The standard InChI is InChI=1S/C15H20FNO/c1-11(18)12-5-6-14(13(16)9-12)17-8-4-7-15(2,3)10-17/h5-6,9H,4,7-8,10H2,1-3H3. The van der Waals surface area contributed by atoms with E-state index in [-0.39, 0.29) is 17.0 Å². The molecule has 1 aliphatic heterocycles. The summed E-state index contributed by atoms with van der Waals surface area (Å²) in [5, 5.41) is 0. The Labute approximate surface area is 108 Å². The molecule has 98 valence electrons. The van der Waals surface area contributed by atoms with Crippen molar-refractivity contribution in [3.05, 3.63) is 29.6 Å². The van der Waals surface area contributed by atoms with E-state index in [4.69, 9.17) is 0 Å². The number of anilines is 1. The molecule has 1 aliphatic rings. The highest BCUT2D eigenvalue weighted by atomic mass is 19.1. The number of hydrogen-bond acceptors (Lipinski definition) is 2. The molecule has 0 atom stereocenters. The summed E-state index contributed by atoms with van der Waals surface area (Å²) in [7, 11) is 0. The number of benzene rings is 1. The van der Waals surface area contributed by atoms with E-state index >= 15 is 0 Å². The van der Waals surface area contributed by atoms with Crippen molar-refractivity contribution in [3.63, 3.8) is 0 Å². The highest BCUT2D eigenvalue weighted by Gasteiger charge is 2.27. The molecule has 1 aromatic carbocycles. The highest BCUT2D eigenvalue weighted by molar-refractivity contribution is 5.94. The summed E-state index contributed by atoms with van der Waals surface area (Å²) < 4.78 is 14.1. The molecular weight excluding hydrogens is 229 g/mol. The fourth-order valence-corrected chi connectivity index (χ4v) is 2.61. The van der Waals surface area contributed by atoms with Gasteiger partial charge in [0.15, 0.2) is 5.78 Å². The second kappa shape index (κ2) is 4.71. The summed E-state index contributed by atoms with van der Waals surface area (Å²) in [6.07, 6.45) is 2.26. The summed E-state index contributed by atoms with van der Waals surface area (Å²) in [6, 6.07) is 4.79. The van der Waals surface area contributed by atoms with Gasteiger partial charge in [-0.25, -0.2) is 4.39 Å². The van der Waals surface area contributed by atoms with Crippen molar-refractivity contribution in [3.8, 4) is 0 Å². The fourth-order valence-electron chi connectivity index (χ4n) is 2.61. The van der Waals surface area contributed by atoms with Gasteiger partial charge in [0, 0.05) is 18.7 Å². The van der Waals surface area contributed by atoms with Crippen molar-refractivity contribution in [2.45, 2.75) is 33.6 Å². The van der Waals surface area contributed by atoms with Crippen LogP contribution in [0.2, 0.25) is 0 Å². The van der Waals surface area contributed by atoms with E-state index in [1.54, 1.807) is 12.1 Å². The summed E-state index contributed by atoms with van der Waals surface area (Å²) in [4.78, 5) is 13.3. The fraction of sp³-hybridized carbons (Fsp3) is 0.533. The van der Waals surface area contributed by atoms with Crippen LogP contribution < -0.4 is 4.90 Å². The Morgan fingerprint density at radius 2 is 2.11 bits per heavy atom. The first kappa shape index (κ1) is 13.1. The maximum atomic E-state index is 14.1. The van der Waals surface area contributed by atoms with Crippen LogP contribution in [-0.2, 0) is 0 Å². The van der Waals surface area contributed by atoms with Crippen LogP contribution in [0.4, 0.5) is 10.1 Å². The Morgan fingerprint density at radius 1 is 1.39 bits per heavy atom. The van der Waals surface area contributed by atoms with Crippen LogP contribution in [0.3, 0.4) is 0 Å². The number of piperidine rings is 1. The topological polar surface area (TPSA) is 20.3 Å². The molecule has 0 amide bonds. The lowest BCUT2D eigenvalue weighted by molar-refractivity contribution is 0.101. The number of rotatable bonds is 2. The molecule has 0 bridgehead atoms. The minimum Gasteiger partial charge on any atom is -0.369 e. The second-order valence-electron chi connectivity index (χ2n) is 5.91. The third-order valence-corrected chi connectivity index (χ3v) is 3.60. The van der Waals surface area contributed by atoms with Gasteiger partial charge < -0.3 is 4.90 Å². The lowest BCUT2D eigenvalue weighted by atomic mass is 9.84. The molecule has 0 aromatic heterocycles. The van der Waals surface area contributed by atoms with Gasteiger partial charge in [0.2, 0.25) is 0 Å². The number of Topliss-reactive ketones (excluding diaryl/α,β-unsaturated/α-hetero) is 1. The molecular formula is C15H20FNO. The molecule has 0 unspecified atom stereocenters. The molecule has 0 radical (unpaired) electrons. The lowest BCUT2D eigenvalue weighted by Crippen LogP contribution is -2.40. The Balaban J connectivity index is 2.26. The minimum absolute atomic E-state index is 0.0978. The third kappa shape index (κ3) is 2.71. The van der Waals surface area contributed by atoms with E-state index in [1.165, 1.54) is 19.4 Å². The predicted octanol–water partition coefficient (Wildman–Crippen LogP) is 3.65. The highest BCUT2D eigenvalue weighted by Crippen LogP contribution is 2.32. The molecule has 1 heterocycles. The Bertz CT molecular complexity index is 468. The first-order valence-corrected chi connectivity index (χ1v) is 6.44.